The molecule has 0 radical (unpaired) electrons. The Labute approximate surface area is 86.1 Å². The average molecular weight is 188 g/mol. The first-order chi connectivity index (χ1) is 6.57. The Balaban J connectivity index is 3.17. The largest absolute Gasteiger partial charge is 0.480 e. The Hall–Kier alpha value is -1.42. The molecule has 0 spiro atoms. The van der Waals surface area contributed by atoms with Crippen LogP contribution in [0.15, 0.2) is 6.07 Å². The third-order valence-corrected chi connectivity index (χ3v) is 2.59. The van der Waals surface area contributed by atoms with Crippen molar-refractivity contribution in [3.63, 3.8) is 0 Å². The molecule has 0 bridgehead atoms. The summed E-state index contributed by atoms with van der Waals surface area (Å²) in [5.74, 6) is 3.42. The van der Waals surface area contributed by atoms with E-state index in [-0.39, 0.29) is 0 Å². The van der Waals surface area contributed by atoms with E-state index < -0.39 is 0 Å². The molecular formula is C13H16O. The van der Waals surface area contributed by atoms with E-state index in [9.17, 15) is 0 Å². The Morgan fingerprint density at radius 3 is 2.36 bits per heavy atom. The molecule has 1 rings (SSSR count). The minimum atomic E-state index is 0.337. The molecule has 14 heavy (non-hydrogen) atoms. The number of hydrogen-bond acceptors (Lipinski definition) is 1. The highest BCUT2D eigenvalue weighted by Gasteiger charge is 2.08. The van der Waals surface area contributed by atoms with Crippen LogP contribution in [0, 0.1) is 40.0 Å². The van der Waals surface area contributed by atoms with Gasteiger partial charge >= 0.3 is 0 Å². The van der Waals surface area contributed by atoms with Gasteiger partial charge in [0.2, 0.25) is 0 Å². The monoisotopic (exact) mass is 188 g/mol. The molecular weight excluding hydrogens is 172 g/mol. The van der Waals surface area contributed by atoms with E-state index in [1.54, 1.807) is 0 Å². The van der Waals surface area contributed by atoms with Crippen molar-refractivity contribution in [3.8, 4) is 18.1 Å². The Morgan fingerprint density at radius 2 is 1.79 bits per heavy atom. The summed E-state index contributed by atoms with van der Waals surface area (Å²) >= 11 is 0. The van der Waals surface area contributed by atoms with E-state index in [1.165, 1.54) is 16.7 Å². The molecule has 0 fully saturated rings. The summed E-state index contributed by atoms with van der Waals surface area (Å²) in [4.78, 5) is 0. The summed E-state index contributed by atoms with van der Waals surface area (Å²) in [6, 6.07) is 2.13. The smallest absolute Gasteiger partial charge is 0.148 e. The van der Waals surface area contributed by atoms with E-state index in [0.717, 1.165) is 11.3 Å². The van der Waals surface area contributed by atoms with E-state index in [1.807, 2.05) is 6.92 Å². The van der Waals surface area contributed by atoms with Crippen LogP contribution in [-0.2, 0) is 0 Å². The first-order valence-corrected chi connectivity index (χ1v) is 4.71. The van der Waals surface area contributed by atoms with Gasteiger partial charge in [-0.3, -0.25) is 0 Å². The highest BCUT2D eigenvalue weighted by molar-refractivity contribution is 5.48. The third-order valence-electron chi connectivity index (χ3n) is 2.59. The third kappa shape index (κ3) is 1.90. The van der Waals surface area contributed by atoms with E-state index in [4.69, 9.17) is 11.2 Å². The van der Waals surface area contributed by atoms with Gasteiger partial charge in [-0.2, -0.15) is 0 Å². The normalized spacial score (nSPS) is 9.64. The van der Waals surface area contributed by atoms with Crippen molar-refractivity contribution in [1.82, 2.24) is 0 Å². The van der Waals surface area contributed by atoms with E-state index >= 15 is 0 Å². The fourth-order valence-corrected chi connectivity index (χ4v) is 1.60. The number of rotatable bonds is 2. The van der Waals surface area contributed by atoms with Crippen LogP contribution in [0.25, 0.3) is 0 Å². The van der Waals surface area contributed by atoms with Gasteiger partial charge in [0, 0.05) is 0 Å². The van der Waals surface area contributed by atoms with E-state index in [2.05, 4.69) is 32.8 Å². The average Bonchev–Trinajstić information content (AvgIpc) is 2.14. The van der Waals surface area contributed by atoms with Crippen LogP contribution in [0.4, 0.5) is 0 Å². The van der Waals surface area contributed by atoms with Gasteiger partial charge in [0.25, 0.3) is 0 Å². The maximum atomic E-state index is 5.52. The number of ether oxygens (including phenoxy) is 1. The molecule has 1 aromatic carbocycles. The molecule has 74 valence electrons. The fraction of sp³-hybridized carbons (Fsp3) is 0.385. The first-order valence-electron chi connectivity index (χ1n) is 4.71. The minimum absolute atomic E-state index is 0.337. The second-order valence-corrected chi connectivity index (χ2v) is 3.58. The Kier molecular flexibility index (Phi) is 3.19. The summed E-state index contributed by atoms with van der Waals surface area (Å²) in [7, 11) is 0. The van der Waals surface area contributed by atoms with E-state index in [0.29, 0.717) is 6.61 Å². The summed E-state index contributed by atoms with van der Waals surface area (Å²) in [6.07, 6.45) is 5.17. The molecule has 0 aliphatic rings. The van der Waals surface area contributed by atoms with Crippen molar-refractivity contribution in [1.29, 1.82) is 0 Å². The van der Waals surface area contributed by atoms with Gasteiger partial charge in [-0.25, -0.2) is 0 Å². The predicted octanol–water partition coefficient (Wildman–Crippen LogP) is 2.93. The van der Waals surface area contributed by atoms with Gasteiger partial charge in [-0.1, -0.05) is 12.0 Å². The number of benzene rings is 1. The Bertz CT molecular complexity index is 383. The van der Waals surface area contributed by atoms with Gasteiger partial charge in [0.15, 0.2) is 0 Å². The number of terminal acetylenes is 1. The van der Waals surface area contributed by atoms with Crippen molar-refractivity contribution in [2.45, 2.75) is 27.7 Å². The molecule has 1 aromatic rings. The lowest BCUT2D eigenvalue weighted by atomic mass is 10.00. The van der Waals surface area contributed by atoms with Crippen LogP contribution >= 0.6 is 0 Å². The number of hydrogen-bond donors (Lipinski definition) is 0. The highest BCUT2D eigenvalue weighted by atomic mass is 16.5. The highest BCUT2D eigenvalue weighted by Crippen LogP contribution is 2.28. The van der Waals surface area contributed by atoms with Crippen LogP contribution < -0.4 is 4.74 Å². The lowest BCUT2D eigenvalue weighted by Crippen LogP contribution is -2.00. The van der Waals surface area contributed by atoms with Gasteiger partial charge < -0.3 is 4.74 Å². The van der Waals surface area contributed by atoms with Crippen LogP contribution in [0.3, 0.4) is 0 Å². The quantitative estimate of drug-likeness (QED) is 0.648. The molecule has 0 aromatic heterocycles. The summed E-state index contributed by atoms with van der Waals surface area (Å²) in [6.45, 7) is 8.67. The Morgan fingerprint density at radius 1 is 1.14 bits per heavy atom. The molecule has 0 atom stereocenters. The zero-order valence-electron chi connectivity index (χ0n) is 9.27. The van der Waals surface area contributed by atoms with Crippen LogP contribution in [0.2, 0.25) is 0 Å². The topological polar surface area (TPSA) is 9.23 Å². The first kappa shape index (κ1) is 10.7. The fourth-order valence-electron chi connectivity index (χ4n) is 1.60. The number of aryl methyl sites for hydroxylation is 2. The van der Waals surface area contributed by atoms with Crippen LogP contribution in [-0.4, -0.2) is 6.61 Å². The summed E-state index contributed by atoms with van der Waals surface area (Å²) in [5, 5.41) is 0. The van der Waals surface area contributed by atoms with Gasteiger partial charge in [-0.05, 0) is 49.9 Å². The van der Waals surface area contributed by atoms with Gasteiger partial charge in [-0.15, -0.1) is 6.42 Å². The molecule has 1 heteroatoms. The molecule has 1 nitrogen and oxygen atoms in total. The van der Waals surface area contributed by atoms with Gasteiger partial charge in [0.05, 0.1) is 0 Å². The lowest BCUT2D eigenvalue weighted by Gasteiger charge is -2.14. The van der Waals surface area contributed by atoms with Crippen molar-refractivity contribution in [2.75, 3.05) is 6.61 Å². The lowest BCUT2D eigenvalue weighted by molar-refractivity contribution is 0.364. The summed E-state index contributed by atoms with van der Waals surface area (Å²) < 4.78 is 5.52. The van der Waals surface area contributed by atoms with Crippen molar-refractivity contribution >= 4 is 0 Å². The molecule has 0 saturated carbocycles. The molecule has 0 amide bonds. The van der Waals surface area contributed by atoms with Gasteiger partial charge in [0.1, 0.15) is 12.4 Å². The summed E-state index contributed by atoms with van der Waals surface area (Å²) in [5.41, 5.74) is 4.93. The maximum absolute atomic E-state index is 5.52. The van der Waals surface area contributed by atoms with Crippen molar-refractivity contribution in [3.05, 3.63) is 28.3 Å². The van der Waals surface area contributed by atoms with Crippen LogP contribution in [0.5, 0.6) is 5.75 Å². The molecule has 0 aliphatic carbocycles. The maximum Gasteiger partial charge on any atom is 0.148 e. The standard InChI is InChI=1S/C13H16O/c1-6-7-14-13-10(3)8-9(2)11(4)12(13)5/h1,8H,7H2,2-5H3. The molecule has 0 heterocycles. The molecule has 0 aliphatic heterocycles. The SMILES string of the molecule is C#CCOc1c(C)cc(C)c(C)c1C. The van der Waals surface area contributed by atoms with Crippen LogP contribution in [0.1, 0.15) is 22.3 Å². The minimum Gasteiger partial charge on any atom is -0.480 e. The molecule has 0 saturated heterocycles. The second-order valence-electron chi connectivity index (χ2n) is 3.58. The zero-order chi connectivity index (χ0) is 10.7. The molecule has 0 N–H and O–H groups in total. The predicted molar refractivity (Wildman–Crippen MR) is 59.7 cm³/mol. The molecule has 0 unspecified atom stereocenters. The zero-order valence-corrected chi connectivity index (χ0v) is 9.27. The van der Waals surface area contributed by atoms with Crippen molar-refractivity contribution < 1.29 is 4.74 Å². The van der Waals surface area contributed by atoms with Crippen molar-refractivity contribution in [2.24, 2.45) is 0 Å². The second kappa shape index (κ2) is 4.19.